The van der Waals surface area contributed by atoms with Crippen molar-refractivity contribution in [2.75, 3.05) is 7.11 Å². The number of ether oxygens (including phenoxy) is 1. The van der Waals surface area contributed by atoms with Crippen LogP contribution in [0.3, 0.4) is 0 Å². The number of esters is 1. The first-order chi connectivity index (χ1) is 12.9. The number of hydrogen-bond donors (Lipinski definition) is 1. The molecule has 5 atom stereocenters. The molecular formula is C23H30O4. The van der Waals surface area contributed by atoms with E-state index in [1.54, 1.807) is 0 Å². The lowest BCUT2D eigenvalue weighted by Crippen LogP contribution is -2.44. The Labute approximate surface area is 161 Å². The van der Waals surface area contributed by atoms with Gasteiger partial charge in [-0.15, -0.1) is 0 Å². The van der Waals surface area contributed by atoms with Crippen LogP contribution in [0.2, 0.25) is 0 Å². The molecule has 0 spiro atoms. The number of benzene rings is 1. The summed E-state index contributed by atoms with van der Waals surface area (Å²) in [5.41, 5.74) is 2.48. The molecule has 1 N–H and O–H groups in total. The van der Waals surface area contributed by atoms with Gasteiger partial charge in [-0.2, -0.15) is 0 Å². The number of carbonyl (C=O) groups is 2. The van der Waals surface area contributed by atoms with E-state index in [9.17, 15) is 14.7 Å². The Morgan fingerprint density at radius 1 is 1.33 bits per heavy atom. The number of Topliss-reactive ketones (excluding diaryl/α,β-unsaturated/α-hetero) is 1. The zero-order valence-corrected chi connectivity index (χ0v) is 16.4. The Hall–Kier alpha value is -1.84. The summed E-state index contributed by atoms with van der Waals surface area (Å²) in [4.78, 5) is 24.4. The van der Waals surface area contributed by atoms with Gasteiger partial charge >= 0.3 is 5.97 Å². The van der Waals surface area contributed by atoms with E-state index >= 15 is 0 Å². The number of rotatable bonds is 4. The summed E-state index contributed by atoms with van der Waals surface area (Å²) in [5.74, 6) is 2.48. The Bertz CT molecular complexity index is 755. The van der Waals surface area contributed by atoms with Gasteiger partial charge in [0.25, 0.3) is 0 Å². The lowest BCUT2D eigenvalue weighted by molar-refractivity contribution is -0.140. The van der Waals surface area contributed by atoms with Crippen LogP contribution in [-0.2, 0) is 20.7 Å². The Kier molecular flexibility index (Phi) is 4.77. The molecule has 0 saturated heterocycles. The van der Waals surface area contributed by atoms with Gasteiger partial charge in [-0.3, -0.25) is 9.59 Å². The number of ketones is 1. The highest BCUT2D eigenvalue weighted by atomic mass is 16.5. The third kappa shape index (κ3) is 3.07. The summed E-state index contributed by atoms with van der Waals surface area (Å²) in [5, 5.41) is 9.83. The fourth-order valence-electron chi connectivity index (χ4n) is 6.50. The number of hydrogen-bond acceptors (Lipinski definition) is 4. The Morgan fingerprint density at radius 3 is 2.93 bits per heavy atom. The molecule has 4 nitrogen and oxygen atoms in total. The molecule has 0 unspecified atom stereocenters. The zero-order chi connectivity index (χ0) is 19.2. The number of aryl methyl sites for hydroxylation is 1. The van der Waals surface area contributed by atoms with Gasteiger partial charge in [0.2, 0.25) is 0 Å². The molecule has 0 radical (unpaired) electrons. The number of carbonyl (C=O) groups excluding carboxylic acids is 2. The molecule has 0 amide bonds. The maximum absolute atomic E-state index is 12.9. The van der Waals surface area contributed by atoms with E-state index in [-0.39, 0.29) is 11.4 Å². The normalized spacial score (nSPS) is 34.5. The monoisotopic (exact) mass is 370 g/mol. The van der Waals surface area contributed by atoms with E-state index in [0.29, 0.717) is 48.0 Å². The number of fused-ring (bicyclic) bond motifs is 5. The summed E-state index contributed by atoms with van der Waals surface area (Å²) in [6, 6.07) is 5.84. The van der Waals surface area contributed by atoms with Gasteiger partial charge in [0.1, 0.15) is 11.5 Å². The van der Waals surface area contributed by atoms with Gasteiger partial charge in [-0.05, 0) is 85.5 Å². The summed E-state index contributed by atoms with van der Waals surface area (Å²) >= 11 is 0. The molecule has 1 aromatic carbocycles. The van der Waals surface area contributed by atoms with Crippen molar-refractivity contribution < 1.29 is 19.4 Å². The topological polar surface area (TPSA) is 63.6 Å². The molecule has 146 valence electrons. The molecule has 2 saturated carbocycles. The number of phenolic OH excluding ortho intramolecular Hbond substituents is 1. The van der Waals surface area contributed by atoms with Crippen LogP contribution in [0.1, 0.15) is 68.9 Å². The van der Waals surface area contributed by atoms with Gasteiger partial charge in [-0.25, -0.2) is 0 Å². The molecule has 3 aliphatic rings. The zero-order valence-electron chi connectivity index (χ0n) is 16.4. The van der Waals surface area contributed by atoms with Crippen LogP contribution < -0.4 is 0 Å². The molecule has 0 aromatic heterocycles. The standard InChI is InChI=1S/C23H30O4/c1-23-11-10-18-17-9-7-16(24)12-14(17)6-8-19(18)22(23)15(13-20(23)25)4-3-5-21(26)27-2/h7,9,12,15,18-19,22,24H,3-6,8,10-11,13H2,1-2H3/t15-,18-,19-,22+,23-/m1/s1. The molecular weight excluding hydrogens is 340 g/mol. The lowest BCUT2D eigenvalue weighted by Gasteiger charge is -2.50. The van der Waals surface area contributed by atoms with Crippen LogP contribution in [0.4, 0.5) is 0 Å². The third-order valence-corrected chi connectivity index (χ3v) is 7.74. The first-order valence-electron chi connectivity index (χ1n) is 10.4. The van der Waals surface area contributed by atoms with Crippen LogP contribution in [0.25, 0.3) is 0 Å². The summed E-state index contributed by atoms with van der Waals surface area (Å²) in [6.45, 7) is 2.20. The molecule has 2 fully saturated rings. The smallest absolute Gasteiger partial charge is 0.305 e. The van der Waals surface area contributed by atoms with Crippen LogP contribution in [0, 0.1) is 23.2 Å². The predicted octanol–water partition coefficient (Wildman–Crippen LogP) is 4.39. The first-order valence-corrected chi connectivity index (χ1v) is 10.4. The Balaban J connectivity index is 1.58. The maximum Gasteiger partial charge on any atom is 0.305 e. The van der Waals surface area contributed by atoms with Crippen molar-refractivity contribution in [1.29, 1.82) is 0 Å². The minimum Gasteiger partial charge on any atom is -0.508 e. The van der Waals surface area contributed by atoms with E-state index in [0.717, 1.165) is 38.5 Å². The first kappa shape index (κ1) is 18.5. The van der Waals surface area contributed by atoms with Crippen LogP contribution in [0.5, 0.6) is 5.75 Å². The highest BCUT2D eigenvalue weighted by molar-refractivity contribution is 5.87. The van der Waals surface area contributed by atoms with Crippen LogP contribution >= 0.6 is 0 Å². The quantitative estimate of drug-likeness (QED) is 0.799. The van der Waals surface area contributed by atoms with Crippen LogP contribution in [-0.4, -0.2) is 24.0 Å². The second kappa shape index (κ2) is 6.96. The molecule has 27 heavy (non-hydrogen) atoms. The van der Waals surface area contributed by atoms with Gasteiger partial charge in [-0.1, -0.05) is 13.0 Å². The fourth-order valence-corrected chi connectivity index (χ4v) is 6.50. The molecule has 4 heteroatoms. The van der Waals surface area contributed by atoms with Gasteiger partial charge in [0.05, 0.1) is 7.11 Å². The van der Waals surface area contributed by atoms with E-state index in [2.05, 4.69) is 13.0 Å². The van der Waals surface area contributed by atoms with E-state index in [4.69, 9.17) is 4.74 Å². The second-order valence-electron chi connectivity index (χ2n) is 9.03. The molecule has 0 heterocycles. The van der Waals surface area contributed by atoms with Gasteiger partial charge in [0.15, 0.2) is 0 Å². The predicted molar refractivity (Wildman–Crippen MR) is 102 cm³/mol. The van der Waals surface area contributed by atoms with Crippen LogP contribution in [0.15, 0.2) is 18.2 Å². The van der Waals surface area contributed by atoms with Crippen molar-refractivity contribution >= 4 is 11.8 Å². The Morgan fingerprint density at radius 2 is 2.15 bits per heavy atom. The fraction of sp³-hybridized carbons (Fsp3) is 0.652. The van der Waals surface area contributed by atoms with E-state index < -0.39 is 0 Å². The van der Waals surface area contributed by atoms with Crippen molar-refractivity contribution in [2.45, 2.75) is 64.2 Å². The molecule has 3 aliphatic carbocycles. The lowest BCUT2D eigenvalue weighted by atomic mass is 9.54. The number of phenols is 1. The van der Waals surface area contributed by atoms with Crippen molar-refractivity contribution in [3.8, 4) is 5.75 Å². The van der Waals surface area contributed by atoms with Gasteiger partial charge < -0.3 is 9.84 Å². The second-order valence-corrected chi connectivity index (χ2v) is 9.03. The molecule has 1 aromatic rings. The van der Waals surface area contributed by atoms with Crippen molar-refractivity contribution in [1.82, 2.24) is 0 Å². The maximum atomic E-state index is 12.9. The average molecular weight is 370 g/mol. The average Bonchev–Trinajstić information content (AvgIpc) is 2.91. The summed E-state index contributed by atoms with van der Waals surface area (Å²) < 4.78 is 4.77. The third-order valence-electron chi connectivity index (χ3n) is 7.74. The number of methoxy groups -OCH3 is 1. The minimum atomic E-state index is -0.189. The van der Waals surface area contributed by atoms with Crippen molar-refractivity contribution in [2.24, 2.45) is 23.2 Å². The van der Waals surface area contributed by atoms with Crippen molar-refractivity contribution in [3.63, 3.8) is 0 Å². The SMILES string of the molecule is COC(=O)CCC[C@@H]1CC(=O)[C@@]2(C)CC[C@@H]3c4ccc(O)cc4CC[C@H]3[C@H]12. The minimum absolute atomic E-state index is 0.157. The number of aromatic hydroxyl groups is 1. The van der Waals surface area contributed by atoms with Gasteiger partial charge in [0, 0.05) is 18.3 Å². The highest BCUT2D eigenvalue weighted by Gasteiger charge is 2.58. The highest BCUT2D eigenvalue weighted by Crippen LogP contribution is 2.62. The summed E-state index contributed by atoms with van der Waals surface area (Å²) in [7, 11) is 1.43. The molecule has 0 bridgehead atoms. The van der Waals surface area contributed by atoms with Crippen molar-refractivity contribution in [3.05, 3.63) is 29.3 Å². The summed E-state index contributed by atoms with van der Waals surface area (Å²) in [6.07, 6.45) is 6.98. The van der Waals surface area contributed by atoms with E-state index in [1.807, 2.05) is 12.1 Å². The molecule has 0 aliphatic heterocycles. The molecule has 4 rings (SSSR count). The van der Waals surface area contributed by atoms with E-state index in [1.165, 1.54) is 18.2 Å². The largest absolute Gasteiger partial charge is 0.508 e.